The van der Waals surface area contributed by atoms with Crippen LogP contribution >= 0.6 is 23.4 Å². The molecule has 1 N–H and O–H groups in total. The van der Waals surface area contributed by atoms with E-state index in [9.17, 15) is 9.59 Å². The van der Waals surface area contributed by atoms with Gasteiger partial charge in [-0.15, -0.1) is 0 Å². The molecule has 0 spiro atoms. The highest BCUT2D eigenvalue weighted by atomic mass is 35.5. The number of carbonyl (C=O) groups excluding carboxylic acids is 2. The predicted molar refractivity (Wildman–Crippen MR) is 105 cm³/mol. The zero-order valence-corrected chi connectivity index (χ0v) is 16.6. The smallest absolute Gasteiger partial charge is 0.230 e. The van der Waals surface area contributed by atoms with E-state index in [1.165, 1.54) is 7.11 Å². The number of amides is 2. The van der Waals surface area contributed by atoms with E-state index >= 15 is 0 Å². The molecule has 2 amide bonds. The Balaban J connectivity index is 1.49. The van der Waals surface area contributed by atoms with E-state index in [0.717, 1.165) is 28.6 Å². The maximum Gasteiger partial charge on any atom is 0.230 e. The van der Waals surface area contributed by atoms with Gasteiger partial charge in [0.05, 0.1) is 23.7 Å². The first-order valence-corrected chi connectivity index (χ1v) is 10.1. The van der Waals surface area contributed by atoms with E-state index in [2.05, 4.69) is 10.4 Å². The lowest BCUT2D eigenvalue weighted by molar-refractivity contribution is -0.122. The van der Waals surface area contributed by atoms with Gasteiger partial charge in [0.2, 0.25) is 11.8 Å². The monoisotopic (exact) mass is 406 g/mol. The summed E-state index contributed by atoms with van der Waals surface area (Å²) in [4.78, 5) is 26.8. The number of rotatable bonds is 4. The number of thioether (sulfide) groups is 1. The number of benzene rings is 1. The summed E-state index contributed by atoms with van der Waals surface area (Å²) in [6, 6.07) is 5.17. The largest absolute Gasteiger partial charge is 0.495 e. The fourth-order valence-electron chi connectivity index (χ4n) is 3.47. The number of aryl methyl sites for hydroxylation is 1. The number of nitrogens with zero attached hydrogens (tertiary/aromatic N) is 3. The van der Waals surface area contributed by atoms with Crippen LogP contribution in [0.3, 0.4) is 0 Å². The summed E-state index contributed by atoms with van der Waals surface area (Å²) in [5, 5.41) is 7.86. The summed E-state index contributed by atoms with van der Waals surface area (Å²) in [6.07, 6.45) is 0.171. The lowest BCUT2D eigenvalue weighted by Crippen LogP contribution is -2.28. The van der Waals surface area contributed by atoms with Crippen LogP contribution in [0, 0.1) is 5.92 Å². The second-order valence-electron chi connectivity index (χ2n) is 6.60. The molecule has 1 atom stereocenters. The Morgan fingerprint density at radius 2 is 2.22 bits per heavy atom. The summed E-state index contributed by atoms with van der Waals surface area (Å²) < 4.78 is 6.85. The molecule has 0 aliphatic carbocycles. The number of fused-ring (bicyclic) bond motifs is 1. The van der Waals surface area contributed by atoms with Crippen molar-refractivity contribution in [3.63, 3.8) is 0 Å². The predicted octanol–water partition coefficient (Wildman–Crippen LogP) is 2.82. The second kappa shape index (κ2) is 7.09. The molecule has 1 unspecified atom stereocenters. The molecule has 0 radical (unpaired) electrons. The van der Waals surface area contributed by atoms with E-state index in [0.29, 0.717) is 23.0 Å². The van der Waals surface area contributed by atoms with Gasteiger partial charge in [-0.1, -0.05) is 11.6 Å². The van der Waals surface area contributed by atoms with Gasteiger partial charge in [-0.3, -0.25) is 14.3 Å². The minimum Gasteiger partial charge on any atom is -0.495 e. The number of methoxy groups -OCH3 is 1. The number of hydrogen-bond donors (Lipinski definition) is 1. The van der Waals surface area contributed by atoms with Crippen LogP contribution in [0.4, 0.5) is 11.5 Å². The van der Waals surface area contributed by atoms with Crippen LogP contribution in [-0.2, 0) is 28.1 Å². The topological polar surface area (TPSA) is 76.5 Å². The van der Waals surface area contributed by atoms with E-state index in [-0.39, 0.29) is 18.2 Å². The van der Waals surface area contributed by atoms with Gasteiger partial charge < -0.3 is 15.0 Å². The highest BCUT2D eigenvalue weighted by Crippen LogP contribution is 2.35. The maximum absolute atomic E-state index is 12.8. The normalized spacial score (nSPS) is 18.7. The number of carbonyl (C=O) groups is 2. The molecule has 1 fully saturated rings. The Hall–Kier alpha value is -2.19. The Labute approximate surface area is 166 Å². The number of halogens is 1. The van der Waals surface area contributed by atoms with Gasteiger partial charge in [-0.25, -0.2) is 0 Å². The number of aromatic nitrogens is 2. The molecule has 1 aromatic carbocycles. The van der Waals surface area contributed by atoms with Crippen molar-refractivity contribution in [3.8, 4) is 5.75 Å². The van der Waals surface area contributed by atoms with Gasteiger partial charge >= 0.3 is 0 Å². The van der Waals surface area contributed by atoms with Crippen LogP contribution in [-0.4, -0.2) is 35.2 Å². The molecule has 0 saturated carbocycles. The number of hydrogen-bond acceptors (Lipinski definition) is 5. The van der Waals surface area contributed by atoms with Crippen molar-refractivity contribution in [1.29, 1.82) is 0 Å². The number of ether oxygens (including phenoxy) is 1. The van der Waals surface area contributed by atoms with Gasteiger partial charge in [-0.05, 0) is 18.2 Å². The summed E-state index contributed by atoms with van der Waals surface area (Å²) >= 11 is 7.95. The summed E-state index contributed by atoms with van der Waals surface area (Å²) in [5.41, 5.74) is 2.77. The summed E-state index contributed by atoms with van der Waals surface area (Å²) in [7, 11) is 3.36. The highest BCUT2D eigenvalue weighted by molar-refractivity contribution is 7.98. The molecule has 2 aliphatic rings. The van der Waals surface area contributed by atoms with Crippen LogP contribution in [0.2, 0.25) is 5.02 Å². The molecule has 2 aliphatic heterocycles. The molecule has 1 aromatic heterocycles. The molecule has 3 heterocycles. The zero-order valence-electron chi connectivity index (χ0n) is 15.0. The fraction of sp³-hybridized carbons (Fsp3) is 0.389. The molecule has 2 aromatic rings. The molecular formula is C18H19ClN4O3S. The average Bonchev–Trinajstić information content (AvgIpc) is 3.32. The molecule has 9 heteroatoms. The van der Waals surface area contributed by atoms with Crippen LogP contribution in [0.25, 0.3) is 0 Å². The van der Waals surface area contributed by atoms with Crippen LogP contribution < -0.4 is 15.0 Å². The molecule has 7 nitrogen and oxygen atoms in total. The van der Waals surface area contributed by atoms with E-state index in [1.807, 2.05) is 7.05 Å². The lowest BCUT2D eigenvalue weighted by Gasteiger charge is -2.18. The van der Waals surface area contributed by atoms with Gasteiger partial charge in [0, 0.05) is 42.8 Å². The van der Waals surface area contributed by atoms with Crippen molar-refractivity contribution >= 4 is 46.7 Å². The van der Waals surface area contributed by atoms with Crippen molar-refractivity contribution in [2.24, 2.45) is 13.0 Å². The molecular weight excluding hydrogens is 388 g/mol. The second-order valence-corrected chi connectivity index (χ2v) is 8.00. The molecule has 142 valence electrons. The third kappa shape index (κ3) is 3.27. The maximum atomic E-state index is 12.8. The van der Waals surface area contributed by atoms with Crippen molar-refractivity contribution in [2.75, 3.05) is 23.9 Å². The summed E-state index contributed by atoms with van der Waals surface area (Å²) in [5.74, 6) is 2.32. The van der Waals surface area contributed by atoms with Gasteiger partial charge in [-0.2, -0.15) is 16.9 Å². The van der Waals surface area contributed by atoms with Gasteiger partial charge in [0.1, 0.15) is 11.6 Å². The SMILES string of the molecule is COc1ccc(N2CC(C(=O)Nc3c4c(nn3C)CSC4)CC2=O)cc1Cl. The van der Waals surface area contributed by atoms with Crippen molar-refractivity contribution < 1.29 is 14.3 Å². The standard InChI is InChI=1S/C18H19ClN4O3S/c1-22-17(12-8-27-9-14(12)21-22)20-18(25)10-5-16(24)23(7-10)11-3-4-15(26-2)13(19)6-11/h3-4,6,10H,5,7-9H2,1-2H3,(H,20,25). The number of anilines is 2. The highest BCUT2D eigenvalue weighted by Gasteiger charge is 2.36. The fourth-order valence-corrected chi connectivity index (χ4v) is 4.76. The van der Waals surface area contributed by atoms with Gasteiger partial charge in [0.25, 0.3) is 0 Å². The van der Waals surface area contributed by atoms with E-state index in [4.69, 9.17) is 16.3 Å². The third-order valence-electron chi connectivity index (χ3n) is 4.90. The van der Waals surface area contributed by atoms with E-state index in [1.54, 1.807) is 39.5 Å². The quantitative estimate of drug-likeness (QED) is 0.844. The Morgan fingerprint density at radius 3 is 2.96 bits per heavy atom. The first-order valence-electron chi connectivity index (χ1n) is 8.55. The Morgan fingerprint density at radius 1 is 1.41 bits per heavy atom. The average molecular weight is 407 g/mol. The minimum atomic E-state index is -0.419. The molecule has 27 heavy (non-hydrogen) atoms. The van der Waals surface area contributed by atoms with Gasteiger partial charge in [0.15, 0.2) is 0 Å². The molecule has 1 saturated heterocycles. The van der Waals surface area contributed by atoms with Crippen LogP contribution in [0.1, 0.15) is 17.7 Å². The first-order chi connectivity index (χ1) is 13.0. The minimum absolute atomic E-state index is 0.0952. The van der Waals surface area contributed by atoms with Crippen LogP contribution in [0.15, 0.2) is 18.2 Å². The van der Waals surface area contributed by atoms with Crippen LogP contribution in [0.5, 0.6) is 5.75 Å². The van der Waals surface area contributed by atoms with Crippen molar-refractivity contribution in [2.45, 2.75) is 17.9 Å². The lowest BCUT2D eigenvalue weighted by atomic mass is 10.1. The first kappa shape index (κ1) is 18.2. The summed E-state index contributed by atoms with van der Waals surface area (Å²) in [6.45, 7) is 0.322. The molecule has 4 rings (SSSR count). The molecule has 0 bridgehead atoms. The Kier molecular flexibility index (Phi) is 4.77. The van der Waals surface area contributed by atoms with Crippen molar-refractivity contribution in [3.05, 3.63) is 34.5 Å². The van der Waals surface area contributed by atoms with E-state index < -0.39 is 5.92 Å². The van der Waals surface area contributed by atoms with Crippen molar-refractivity contribution in [1.82, 2.24) is 9.78 Å². The Bertz CT molecular complexity index is 930. The third-order valence-corrected chi connectivity index (χ3v) is 6.16. The number of nitrogens with one attached hydrogen (secondary N) is 1. The zero-order chi connectivity index (χ0) is 19.1.